The van der Waals surface area contributed by atoms with Crippen molar-refractivity contribution in [2.24, 2.45) is 0 Å². The van der Waals surface area contributed by atoms with E-state index in [0.29, 0.717) is 22.8 Å². The van der Waals surface area contributed by atoms with Crippen LogP contribution in [0.25, 0.3) is 0 Å². The summed E-state index contributed by atoms with van der Waals surface area (Å²) in [6, 6.07) is 5.07. The van der Waals surface area contributed by atoms with Gasteiger partial charge in [0.05, 0.1) is 21.3 Å². The molecule has 1 atom stereocenters. The number of methoxy groups -OCH3 is 3. The van der Waals surface area contributed by atoms with Crippen LogP contribution in [-0.2, 0) is 0 Å². The molecule has 0 saturated carbocycles. The summed E-state index contributed by atoms with van der Waals surface area (Å²) in [6.07, 6.45) is -0.740. The Morgan fingerprint density at radius 1 is 1.21 bits per heavy atom. The van der Waals surface area contributed by atoms with Gasteiger partial charge >= 0.3 is 0 Å². The molecule has 2 rings (SSSR count). The molecule has 2 N–H and O–H groups in total. The van der Waals surface area contributed by atoms with E-state index in [9.17, 15) is 9.90 Å². The number of rotatable bonds is 7. The van der Waals surface area contributed by atoms with Crippen molar-refractivity contribution < 1.29 is 24.1 Å². The molecule has 0 aliphatic carbocycles. The molecule has 0 radical (unpaired) electrons. The van der Waals surface area contributed by atoms with Gasteiger partial charge in [0.25, 0.3) is 5.91 Å². The number of aryl methyl sites for hydroxylation is 1. The van der Waals surface area contributed by atoms with Gasteiger partial charge in [-0.3, -0.25) is 4.79 Å². The van der Waals surface area contributed by atoms with Gasteiger partial charge in [-0.25, -0.2) is 0 Å². The van der Waals surface area contributed by atoms with Crippen LogP contribution in [0.4, 0.5) is 0 Å². The smallest absolute Gasteiger partial charge is 0.251 e. The fourth-order valence-corrected chi connectivity index (χ4v) is 3.24. The number of aliphatic hydroxyl groups is 1. The first-order valence-corrected chi connectivity index (χ1v) is 8.20. The third kappa shape index (κ3) is 3.80. The molecule has 1 amide bonds. The zero-order valence-corrected chi connectivity index (χ0v) is 14.9. The summed E-state index contributed by atoms with van der Waals surface area (Å²) in [5.41, 5.74) is 1.37. The predicted octanol–water partition coefficient (Wildman–Crippen LogP) is 2.55. The molecule has 7 heteroatoms. The van der Waals surface area contributed by atoms with Gasteiger partial charge in [-0.15, -0.1) is 11.3 Å². The SMILES string of the molecule is COc1cc(C(=O)NCC(O)c2sccc2C)cc(OC)c1OC. The number of hydrogen-bond donors (Lipinski definition) is 2. The Balaban J connectivity index is 2.13. The Bertz CT molecular complexity index is 688. The fraction of sp³-hybridized carbons (Fsp3) is 0.353. The second kappa shape index (κ2) is 8.03. The standard InChI is InChI=1S/C17H21NO5S/c1-10-5-6-24-16(10)12(19)9-18-17(20)11-7-13(21-2)15(23-4)14(8-11)22-3/h5-8,12,19H,9H2,1-4H3,(H,18,20). The minimum Gasteiger partial charge on any atom is -0.493 e. The summed E-state index contributed by atoms with van der Waals surface area (Å²) in [5, 5.41) is 14.8. The number of carbonyl (C=O) groups is 1. The maximum atomic E-state index is 12.4. The van der Waals surface area contributed by atoms with Crippen LogP contribution >= 0.6 is 11.3 Å². The van der Waals surface area contributed by atoms with Gasteiger partial charge in [-0.2, -0.15) is 0 Å². The summed E-state index contributed by atoms with van der Waals surface area (Å²) < 4.78 is 15.7. The maximum Gasteiger partial charge on any atom is 0.251 e. The van der Waals surface area contributed by atoms with E-state index >= 15 is 0 Å². The van der Waals surface area contributed by atoms with Crippen LogP contribution in [0.15, 0.2) is 23.6 Å². The number of benzene rings is 1. The minimum atomic E-state index is -0.740. The van der Waals surface area contributed by atoms with Gasteiger partial charge in [-0.1, -0.05) is 0 Å². The average molecular weight is 351 g/mol. The molecule has 1 aromatic heterocycles. The van der Waals surface area contributed by atoms with E-state index in [1.807, 2.05) is 18.4 Å². The first kappa shape index (κ1) is 18.1. The van der Waals surface area contributed by atoms with E-state index in [1.54, 1.807) is 12.1 Å². The molecule has 0 fully saturated rings. The van der Waals surface area contributed by atoms with Crippen molar-refractivity contribution in [3.63, 3.8) is 0 Å². The Labute approximate surface area is 145 Å². The molecule has 6 nitrogen and oxygen atoms in total. The molecular weight excluding hydrogens is 330 g/mol. The fourth-order valence-electron chi connectivity index (χ4n) is 2.32. The maximum absolute atomic E-state index is 12.4. The molecule has 0 aliphatic heterocycles. The van der Waals surface area contributed by atoms with Crippen molar-refractivity contribution in [1.82, 2.24) is 5.32 Å². The van der Waals surface area contributed by atoms with Gasteiger partial charge < -0.3 is 24.6 Å². The lowest BCUT2D eigenvalue weighted by Crippen LogP contribution is -2.28. The first-order valence-electron chi connectivity index (χ1n) is 7.32. The lowest BCUT2D eigenvalue weighted by molar-refractivity contribution is 0.0917. The highest BCUT2D eigenvalue weighted by Crippen LogP contribution is 2.38. The summed E-state index contributed by atoms with van der Waals surface area (Å²) in [5.74, 6) is 0.890. The summed E-state index contributed by atoms with van der Waals surface area (Å²) >= 11 is 1.46. The molecule has 130 valence electrons. The monoisotopic (exact) mass is 351 g/mol. The number of amides is 1. The number of aliphatic hydroxyl groups excluding tert-OH is 1. The highest BCUT2D eigenvalue weighted by atomic mass is 32.1. The average Bonchev–Trinajstić information content (AvgIpc) is 3.03. The molecule has 2 aromatic rings. The molecule has 0 aliphatic rings. The van der Waals surface area contributed by atoms with Gasteiger partial charge in [0, 0.05) is 17.0 Å². The van der Waals surface area contributed by atoms with Crippen molar-refractivity contribution >= 4 is 17.2 Å². The minimum absolute atomic E-state index is 0.122. The van der Waals surface area contributed by atoms with Gasteiger partial charge in [0.1, 0.15) is 6.10 Å². The number of carbonyl (C=O) groups excluding carboxylic acids is 1. The van der Waals surface area contributed by atoms with Crippen LogP contribution in [0.5, 0.6) is 17.2 Å². The topological polar surface area (TPSA) is 77.0 Å². The lowest BCUT2D eigenvalue weighted by atomic mass is 10.1. The van der Waals surface area contributed by atoms with Crippen LogP contribution in [0.3, 0.4) is 0 Å². The van der Waals surface area contributed by atoms with Crippen molar-refractivity contribution in [1.29, 1.82) is 0 Å². The van der Waals surface area contributed by atoms with Crippen LogP contribution in [-0.4, -0.2) is 38.9 Å². The zero-order valence-electron chi connectivity index (χ0n) is 14.1. The van der Waals surface area contributed by atoms with Crippen molar-refractivity contribution in [2.45, 2.75) is 13.0 Å². The summed E-state index contributed by atoms with van der Waals surface area (Å²) in [7, 11) is 4.48. The third-order valence-corrected chi connectivity index (χ3v) is 4.71. The Morgan fingerprint density at radius 3 is 2.29 bits per heavy atom. The number of nitrogens with one attached hydrogen (secondary N) is 1. The molecular formula is C17H21NO5S. The molecule has 1 unspecified atom stereocenters. The molecule has 0 saturated heterocycles. The number of hydrogen-bond acceptors (Lipinski definition) is 6. The van der Waals surface area contributed by atoms with Crippen LogP contribution in [0, 0.1) is 6.92 Å². The highest BCUT2D eigenvalue weighted by molar-refractivity contribution is 7.10. The normalized spacial score (nSPS) is 11.7. The zero-order chi connectivity index (χ0) is 17.7. The number of ether oxygens (including phenoxy) is 3. The van der Waals surface area contributed by atoms with E-state index in [1.165, 1.54) is 32.7 Å². The van der Waals surface area contributed by atoms with Crippen LogP contribution < -0.4 is 19.5 Å². The van der Waals surface area contributed by atoms with Crippen molar-refractivity contribution in [3.05, 3.63) is 39.6 Å². The van der Waals surface area contributed by atoms with Crippen LogP contribution in [0.1, 0.15) is 26.9 Å². The lowest BCUT2D eigenvalue weighted by Gasteiger charge is -2.15. The summed E-state index contributed by atoms with van der Waals surface area (Å²) in [4.78, 5) is 13.2. The largest absolute Gasteiger partial charge is 0.493 e. The summed E-state index contributed by atoms with van der Waals surface area (Å²) in [6.45, 7) is 2.05. The Morgan fingerprint density at radius 2 is 1.83 bits per heavy atom. The molecule has 1 heterocycles. The van der Waals surface area contributed by atoms with Gasteiger partial charge in [0.15, 0.2) is 11.5 Å². The second-order valence-electron chi connectivity index (χ2n) is 5.11. The Hall–Kier alpha value is -2.25. The molecule has 0 spiro atoms. The third-order valence-electron chi connectivity index (χ3n) is 3.59. The van der Waals surface area contributed by atoms with E-state index in [2.05, 4.69) is 5.32 Å². The predicted molar refractivity (Wildman–Crippen MR) is 92.4 cm³/mol. The second-order valence-corrected chi connectivity index (χ2v) is 6.06. The highest BCUT2D eigenvalue weighted by Gasteiger charge is 2.18. The van der Waals surface area contributed by atoms with E-state index in [0.717, 1.165) is 10.4 Å². The molecule has 24 heavy (non-hydrogen) atoms. The van der Waals surface area contributed by atoms with Crippen LogP contribution in [0.2, 0.25) is 0 Å². The Kier molecular flexibility index (Phi) is 6.05. The van der Waals surface area contributed by atoms with Crippen molar-refractivity contribution in [2.75, 3.05) is 27.9 Å². The molecule has 1 aromatic carbocycles. The van der Waals surface area contributed by atoms with E-state index in [-0.39, 0.29) is 12.5 Å². The quantitative estimate of drug-likeness (QED) is 0.802. The van der Waals surface area contributed by atoms with E-state index in [4.69, 9.17) is 14.2 Å². The van der Waals surface area contributed by atoms with Crippen molar-refractivity contribution in [3.8, 4) is 17.2 Å². The molecule has 0 bridgehead atoms. The van der Waals surface area contributed by atoms with Gasteiger partial charge in [-0.05, 0) is 36.1 Å². The van der Waals surface area contributed by atoms with E-state index < -0.39 is 6.10 Å². The first-order chi connectivity index (χ1) is 11.5. The van der Waals surface area contributed by atoms with Gasteiger partial charge in [0.2, 0.25) is 5.75 Å². The number of thiophene rings is 1.